The van der Waals surface area contributed by atoms with Gasteiger partial charge in [0.15, 0.2) is 0 Å². The molecule has 0 amide bonds. The van der Waals surface area contributed by atoms with E-state index in [1.54, 1.807) is 0 Å². The molecule has 0 aliphatic rings. The van der Waals surface area contributed by atoms with Crippen molar-refractivity contribution < 1.29 is 4.74 Å². The molecular weight excluding hydrogens is 258 g/mol. The molecule has 2 nitrogen and oxygen atoms in total. The number of halogens is 1. The van der Waals surface area contributed by atoms with Gasteiger partial charge in [-0.3, -0.25) is 0 Å². The summed E-state index contributed by atoms with van der Waals surface area (Å²) in [4.78, 5) is 0. The van der Waals surface area contributed by atoms with Gasteiger partial charge < -0.3 is 10.1 Å². The Kier molecular flexibility index (Phi) is 7.01. The standard InChI is InChI=1S/C16H19NO.ClH/c1-17-15(12-14-8-4-2-5-9-14)13-18-16-10-6-3-7-11-16;/h2-11,15,17H,12-13H2,1H3;1H. The maximum Gasteiger partial charge on any atom is 0.119 e. The Morgan fingerprint density at radius 2 is 1.53 bits per heavy atom. The van der Waals surface area contributed by atoms with Crippen molar-refractivity contribution in [3.05, 3.63) is 66.2 Å². The Balaban J connectivity index is 0.00000180. The summed E-state index contributed by atoms with van der Waals surface area (Å²) in [7, 11) is 1.97. The van der Waals surface area contributed by atoms with E-state index in [1.165, 1.54) is 5.56 Å². The lowest BCUT2D eigenvalue weighted by Crippen LogP contribution is -2.33. The number of rotatable bonds is 6. The van der Waals surface area contributed by atoms with Gasteiger partial charge in [0.05, 0.1) is 0 Å². The molecule has 0 bridgehead atoms. The Labute approximate surface area is 121 Å². The summed E-state index contributed by atoms with van der Waals surface area (Å²) in [5.41, 5.74) is 1.33. The molecule has 0 spiro atoms. The number of nitrogens with one attached hydrogen (secondary N) is 1. The zero-order valence-corrected chi connectivity index (χ0v) is 11.9. The van der Waals surface area contributed by atoms with Crippen LogP contribution < -0.4 is 10.1 Å². The average Bonchev–Trinajstić information content (AvgIpc) is 2.45. The van der Waals surface area contributed by atoms with Crippen molar-refractivity contribution in [2.75, 3.05) is 13.7 Å². The van der Waals surface area contributed by atoms with Gasteiger partial charge in [0.2, 0.25) is 0 Å². The number of benzene rings is 2. The number of likely N-dealkylation sites (N-methyl/N-ethyl adjacent to an activating group) is 1. The Hall–Kier alpha value is -1.51. The second kappa shape index (κ2) is 8.57. The van der Waals surface area contributed by atoms with Gasteiger partial charge in [0.1, 0.15) is 12.4 Å². The predicted molar refractivity (Wildman–Crippen MR) is 82.2 cm³/mol. The van der Waals surface area contributed by atoms with E-state index in [0.717, 1.165) is 12.2 Å². The van der Waals surface area contributed by atoms with Crippen molar-refractivity contribution in [1.29, 1.82) is 0 Å². The Bertz CT molecular complexity index is 447. The predicted octanol–water partition coefficient (Wildman–Crippen LogP) is 3.32. The lowest BCUT2D eigenvalue weighted by Gasteiger charge is -2.17. The van der Waals surface area contributed by atoms with Crippen molar-refractivity contribution >= 4 is 12.4 Å². The fourth-order valence-corrected chi connectivity index (χ4v) is 1.86. The van der Waals surface area contributed by atoms with E-state index in [2.05, 4.69) is 29.6 Å². The third-order valence-electron chi connectivity index (χ3n) is 2.93. The largest absolute Gasteiger partial charge is 0.492 e. The van der Waals surface area contributed by atoms with Gasteiger partial charge in [-0.05, 0) is 31.2 Å². The first-order valence-electron chi connectivity index (χ1n) is 6.27. The zero-order chi connectivity index (χ0) is 12.6. The first kappa shape index (κ1) is 15.5. The van der Waals surface area contributed by atoms with Gasteiger partial charge in [-0.25, -0.2) is 0 Å². The first-order chi connectivity index (χ1) is 8.88. The van der Waals surface area contributed by atoms with Gasteiger partial charge in [0, 0.05) is 6.04 Å². The summed E-state index contributed by atoms with van der Waals surface area (Å²) in [6, 6.07) is 20.7. The summed E-state index contributed by atoms with van der Waals surface area (Å²) in [5, 5.41) is 3.30. The molecule has 0 saturated carbocycles. The smallest absolute Gasteiger partial charge is 0.119 e. The molecule has 102 valence electrons. The van der Waals surface area contributed by atoms with Crippen LogP contribution in [-0.2, 0) is 6.42 Å². The van der Waals surface area contributed by atoms with Crippen LogP contribution in [-0.4, -0.2) is 19.7 Å². The quantitative estimate of drug-likeness (QED) is 0.875. The van der Waals surface area contributed by atoms with Crippen LogP contribution in [0.2, 0.25) is 0 Å². The van der Waals surface area contributed by atoms with E-state index in [9.17, 15) is 0 Å². The van der Waals surface area contributed by atoms with Crippen molar-refractivity contribution in [1.82, 2.24) is 5.32 Å². The van der Waals surface area contributed by atoms with Crippen LogP contribution in [0.5, 0.6) is 5.75 Å². The first-order valence-corrected chi connectivity index (χ1v) is 6.27. The minimum Gasteiger partial charge on any atom is -0.492 e. The molecule has 0 aliphatic heterocycles. The molecule has 1 N–H and O–H groups in total. The topological polar surface area (TPSA) is 21.3 Å². The number of hydrogen-bond acceptors (Lipinski definition) is 2. The van der Waals surface area contributed by atoms with Gasteiger partial charge >= 0.3 is 0 Å². The van der Waals surface area contributed by atoms with Crippen molar-refractivity contribution in [3.63, 3.8) is 0 Å². The van der Waals surface area contributed by atoms with Crippen LogP contribution in [0, 0.1) is 0 Å². The van der Waals surface area contributed by atoms with Gasteiger partial charge in [-0.15, -0.1) is 12.4 Å². The fourth-order valence-electron chi connectivity index (χ4n) is 1.86. The fraction of sp³-hybridized carbons (Fsp3) is 0.250. The highest BCUT2D eigenvalue weighted by molar-refractivity contribution is 5.85. The second-order valence-electron chi connectivity index (χ2n) is 4.30. The molecule has 0 fully saturated rings. The summed E-state index contributed by atoms with van der Waals surface area (Å²) >= 11 is 0. The SMILES string of the molecule is CNC(COc1ccccc1)Cc1ccccc1.Cl. The number of ether oxygens (including phenoxy) is 1. The third kappa shape index (κ3) is 5.33. The molecular formula is C16H20ClNO. The number of para-hydroxylation sites is 1. The van der Waals surface area contributed by atoms with E-state index in [4.69, 9.17) is 4.74 Å². The van der Waals surface area contributed by atoms with Crippen LogP contribution in [0.4, 0.5) is 0 Å². The summed E-state index contributed by atoms with van der Waals surface area (Å²) < 4.78 is 5.77. The second-order valence-corrected chi connectivity index (χ2v) is 4.30. The Morgan fingerprint density at radius 3 is 2.11 bits per heavy atom. The maximum atomic E-state index is 5.77. The molecule has 0 radical (unpaired) electrons. The van der Waals surface area contributed by atoms with Gasteiger partial charge in [0.25, 0.3) is 0 Å². The molecule has 1 unspecified atom stereocenters. The molecule has 0 aliphatic carbocycles. The Morgan fingerprint density at radius 1 is 0.947 bits per heavy atom. The summed E-state index contributed by atoms with van der Waals surface area (Å²) in [5.74, 6) is 0.922. The highest BCUT2D eigenvalue weighted by atomic mass is 35.5. The summed E-state index contributed by atoms with van der Waals surface area (Å²) in [6.45, 7) is 0.676. The zero-order valence-electron chi connectivity index (χ0n) is 11.1. The van der Waals surface area contributed by atoms with Crippen molar-refractivity contribution in [2.45, 2.75) is 12.5 Å². The minimum absolute atomic E-state index is 0. The van der Waals surface area contributed by atoms with Crippen molar-refractivity contribution in [2.24, 2.45) is 0 Å². The molecule has 2 rings (SSSR count). The van der Waals surface area contributed by atoms with E-state index in [-0.39, 0.29) is 12.4 Å². The minimum atomic E-state index is 0. The monoisotopic (exact) mass is 277 g/mol. The summed E-state index contributed by atoms with van der Waals surface area (Å²) in [6.07, 6.45) is 0.976. The normalized spacial score (nSPS) is 11.4. The molecule has 3 heteroatoms. The van der Waals surface area contributed by atoms with E-state index < -0.39 is 0 Å². The lowest BCUT2D eigenvalue weighted by molar-refractivity contribution is 0.270. The lowest BCUT2D eigenvalue weighted by atomic mass is 10.1. The molecule has 2 aromatic rings. The maximum absolute atomic E-state index is 5.77. The highest BCUT2D eigenvalue weighted by Crippen LogP contribution is 2.10. The van der Waals surface area contributed by atoms with E-state index in [1.807, 2.05) is 43.4 Å². The van der Waals surface area contributed by atoms with Crippen LogP contribution in [0.3, 0.4) is 0 Å². The molecule has 0 heterocycles. The van der Waals surface area contributed by atoms with E-state index >= 15 is 0 Å². The van der Waals surface area contributed by atoms with Crippen LogP contribution in [0.25, 0.3) is 0 Å². The molecule has 19 heavy (non-hydrogen) atoms. The molecule has 0 saturated heterocycles. The van der Waals surface area contributed by atoms with Crippen LogP contribution >= 0.6 is 12.4 Å². The van der Waals surface area contributed by atoms with E-state index in [0.29, 0.717) is 12.6 Å². The van der Waals surface area contributed by atoms with Crippen molar-refractivity contribution in [3.8, 4) is 5.75 Å². The van der Waals surface area contributed by atoms with Crippen LogP contribution in [0.15, 0.2) is 60.7 Å². The molecule has 0 aromatic heterocycles. The number of hydrogen-bond donors (Lipinski definition) is 1. The molecule has 2 aromatic carbocycles. The van der Waals surface area contributed by atoms with Crippen LogP contribution in [0.1, 0.15) is 5.56 Å². The van der Waals surface area contributed by atoms with Gasteiger partial charge in [-0.1, -0.05) is 48.5 Å². The van der Waals surface area contributed by atoms with Gasteiger partial charge in [-0.2, -0.15) is 0 Å². The third-order valence-corrected chi connectivity index (χ3v) is 2.93. The average molecular weight is 278 g/mol. The molecule has 1 atom stereocenters. The highest BCUT2D eigenvalue weighted by Gasteiger charge is 2.07.